The summed E-state index contributed by atoms with van der Waals surface area (Å²) in [5.74, 6) is 1.93. The molecule has 12 heteroatoms. The Morgan fingerprint density at radius 1 is 0.727 bits per heavy atom. The van der Waals surface area contributed by atoms with E-state index < -0.39 is 16.7 Å². The van der Waals surface area contributed by atoms with Crippen LogP contribution < -0.4 is 29.1 Å². The van der Waals surface area contributed by atoms with Crippen molar-refractivity contribution < 1.29 is 42.3 Å². The van der Waals surface area contributed by atoms with Gasteiger partial charge in [0, 0.05) is 41.8 Å². The molecule has 4 N–H and O–H groups in total. The fourth-order valence-corrected chi connectivity index (χ4v) is 6.28. The number of fused-ring (bicyclic) bond motifs is 2. The number of hydrogen-bond donors (Lipinski definition) is 4. The van der Waals surface area contributed by atoms with Crippen molar-refractivity contribution >= 4 is 38.9 Å². The van der Waals surface area contributed by atoms with Crippen molar-refractivity contribution in [3.8, 4) is 28.7 Å². The lowest BCUT2D eigenvalue weighted by atomic mass is 9.95. The molecule has 0 amide bonds. The molecule has 0 aliphatic heterocycles. The molecule has 0 fully saturated rings. The highest BCUT2D eigenvalue weighted by Crippen LogP contribution is 2.39. The van der Waals surface area contributed by atoms with Gasteiger partial charge in [0.2, 0.25) is 5.43 Å². The molecule has 0 radical (unpaired) electrons. The monoisotopic (exact) mass is 771 g/mol. The van der Waals surface area contributed by atoms with E-state index in [1.807, 2.05) is 71.0 Å². The highest BCUT2D eigenvalue weighted by molar-refractivity contribution is 7.80. The highest BCUT2D eigenvalue weighted by atomic mass is 32.2. The van der Waals surface area contributed by atoms with Crippen LogP contribution in [0, 0.1) is 6.92 Å². The van der Waals surface area contributed by atoms with Crippen LogP contribution in [0.3, 0.4) is 0 Å². The van der Waals surface area contributed by atoms with Gasteiger partial charge in [-0.1, -0.05) is 41.0 Å². The van der Waals surface area contributed by atoms with E-state index in [2.05, 4.69) is 4.72 Å². The lowest BCUT2D eigenvalue weighted by molar-refractivity contribution is 0.236. The number of aromatic hydroxyl groups is 1. The molecule has 1 aromatic heterocycles. The van der Waals surface area contributed by atoms with E-state index in [1.54, 1.807) is 36.4 Å². The van der Waals surface area contributed by atoms with Gasteiger partial charge in [0.25, 0.3) is 11.3 Å². The van der Waals surface area contributed by atoms with Crippen LogP contribution in [0.4, 0.5) is 5.69 Å². The maximum Gasteiger partial charge on any atom is 0.259 e. The Labute approximate surface area is 323 Å². The van der Waals surface area contributed by atoms with E-state index in [9.17, 15) is 19.2 Å². The molecule has 0 bridgehead atoms. The Morgan fingerprint density at radius 3 is 1.75 bits per heavy atom. The van der Waals surface area contributed by atoms with Gasteiger partial charge in [0.05, 0.1) is 38.4 Å². The number of aliphatic hydroxyl groups is 1. The van der Waals surface area contributed by atoms with Gasteiger partial charge in [0.15, 0.2) is 0 Å². The van der Waals surface area contributed by atoms with Gasteiger partial charge in [-0.2, -0.15) is 0 Å². The van der Waals surface area contributed by atoms with E-state index in [1.165, 1.54) is 0 Å². The van der Waals surface area contributed by atoms with Crippen LogP contribution in [0.1, 0.15) is 62.8 Å². The lowest BCUT2D eigenvalue weighted by Gasteiger charge is -2.18. The van der Waals surface area contributed by atoms with Crippen molar-refractivity contribution in [3.63, 3.8) is 0 Å². The second-order valence-corrected chi connectivity index (χ2v) is 14.3. The molecule has 55 heavy (non-hydrogen) atoms. The Hall–Kier alpha value is -5.30. The molecule has 0 saturated heterocycles. The fraction of sp³-hybridized carbons (Fsp3) is 0.326. The number of hydrogen-bond acceptors (Lipinski definition) is 9. The summed E-state index contributed by atoms with van der Waals surface area (Å²) in [6, 6.07) is 17.7. The summed E-state index contributed by atoms with van der Waals surface area (Å²) < 4.78 is 52.8. The number of phenols is 1. The smallest absolute Gasteiger partial charge is 0.259 e. The summed E-state index contributed by atoms with van der Waals surface area (Å²) in [5.41, 5.74) is 5.20. The normalized spacial score (nSPS) is 11.6. The number of ether oxygens (including phenoxy) is 4. The standard InChI is InChI=1S/C43H49NO10S/c1-27(2)8-18-33-35(26-45)37(53-23-7-21-51-32-16-12-30(13-17-32)44-55(48)49)25-38-40(33)43(47)41-39(54-38)24-36(34(42(41)46)19-9-28(3)4)52-22-6-20-50-31-14-10-29(5)11-15-31/h8-17,24-25,44-46H,6-7,18-23,26H2,1-5H3,(H,48,49). The van der Waals surface area contributed by atoms with Gasteiger partial charge >= 0.3 is 0 Å². The van der Waals surface area contributed by atoms with E-state index in [0.29, 0.717) is 85.1 Å². The van der Waals surface area contributed by atoms with Crippen molar-refractivity contribution in [2.24, 2.45) is 0 Å². The Balaban J connectivity index is 1.44. The maximum atomic E-state index is 14.4. The molecule has 1 unspecified atom stereocenters. The number of nitrogens with one attached hydrogen (secondary N) is 1. The third-order valence-corrected chi connectivity index (χ3v) is 9.18. The molecule has 1 heterocycles. The van der Waals surface area contributed by atoms with Crippen molar-refractivity contribution in [2.45, 2.75) is 66.9 Å². The number of benzene rings is 4. The first-order chi connectivity index (χ1) is 26.4. The van der Waals surface area contributed by atoms with Crippen LogP contribution in [-0.4, -0.2) is 45.4 Å². The van der Waals surface area contributed by atoms with Crippen LogP contribution in [0.5, 0.6) is 28.7 Å². The van der Waals surface area contributed by atoms with Crippen LogP contribution in [0.15, 0.2) is 93.2 Å². The van der Waals surface area contributed by atoms with E-state index in [4.69, 9.17) is 27.9 Å². The molecule has 5 aromatic rings. The summed E-state index contributed by atoms with van der Waals surface area (Å²) >= 11 is -2.16. The molecular weight excluding hydrogens is 723 g/mol. The second kappa shape index (κ2) is 19.3. The zero-order chi connectivity index (χ0) is 39.5. The number of allylic oxidation sites excluding steroid dienone is 4. The lowest BCUT2D eigenvalue weighted by Crippen LogP contribution is -2.12. The summed E-state index contributed by atoms with van der Waals surface area (Å²) in [6.07, 6.45) is 5.68. The molecule has 11 nitrogen and oxygen atoms in total. The minimum Gasteiger partial charge on any atom is -0.507 e. The second-order valence-electron chi connectivity index (χ2n) is 13.6. The van der Waals surface area contributed by atoms with Crippen LogP contribution in [-0.2, 0) is 30.7 Å². The quantitative estimate of drug-likeness (QED) is 0.0277. The Morgan fingerprint density at radius 2 is 1.22 bits per heavy atom. The number of aliphatic hydroxyl groups excluding tert-OH is 1. The first-order valence-corrected chi connectivity index (χ1v) is 19.3. The minimum atomic E-state index is -2.16. The maximum absolute atomic E-state index is 14.4. The summed E-state index contributed by atoms with van der Waals surface area (Å²) in [7, 11) is 0. The van der Waals surface area contributed by atoms with E-state index >= 15 is 0 Å². The van der Waals surface area contributed by atoms with Gasteiger partial charge in [0.1, 0.15) is 45.3 Å². The molecular formula is C43H49NO10S. The van der Waals surface area contributed by atoms with Gasteiger partial charge in [-0.3, -0.25) is 14.1 Å². The Kier molecular flexibility index (Phi) is 14.4. The topological polar surface area (TPSA) is 157 Å². The molecule has 0 aliphatic carbocycles. The van der Waals surface area contributed by atoms with Crippen LogP contribution in [0.25, 0.3) is 21.9 Å². The molecule has 0 spiro atoms. The number of rotatable bonds is 19. The predicted octanol–water partition coefficient (Wildman–Crippen LogP) is 8.71. The molecule has 292 valence electrons. The average molecular weight is 772 g/mol. The van der Waals surface area contributed by atoms with Gasteiger partial charge < -0.3 is 33.6 Å². The number of phenolic OH excluding ortho intramolecular Hbond substituents is 1. The first kappa shape index (κ1) is 40.9. The number of anilines is 1. The van der Waals surface area contributed by atoms with Gasteiger partial charge in [-0.25, -0.2) is 4.21 Å². The van der Waals surface area contributed by atoms with Gasteiger partial charge in [-0.15, -0.1) is 0 Å². The summed E-state index contributed by atoms with van der Waals surface area (Å²) in [4.78, 5) is 14.4. The van der Waals surface area contributed by atoms with E-state index in [-0.39, 0.29) is 40.9 Å². The van der Waals surface area contributed by atoms with Crippen LogP contribution >= 0.6 is 0 Å². The van der Waals surface area contributed by atoms with Crippen molar-refractivity contribution in [2.75, 3.05) is 31.1 Å². The van der Waals surface area contributed by atoms with Crippen molar-refractivity contribution in [1.82, 2.24) is 0 Å². The Bertz CT molecular complexity index is 2230. The first-order valence-electron chi connectivity index (χ1n) is 18.2. The van der Waals surface area contributed by atoms with Crippen molar-refractivity contribution in [1.29, 1.82) is 0 Å². The summed E-state index contributed by atoms with van der Waals surface area (Å²) in [6.45, 7) is 10.8. The SMILES string of the molecule is CC(C)=CCc1c(OCCCOc2ccc(C)cc2)cc2oc3cc(OCCCOc4ccc(NS(=O)O)cc4)c(CO)c(CC=C(C)C)c3c(=O)c2c1O. The average Bonchev–Trinajstić information content (AvgIpc) is 3.14. The minimum absolute atomic E-state index is 0.0429. The zero-order valence-electron chi connectivity index (χ0n) is 31.9. The summed E-state index contributed by atoms with van der Waals surface area (Å²) in [5, 5.41) is 22.7. The largest absolute Gasteiger partial charge is 0.507 e. The molecule has 0 saturated carbocycles. The highest BCUT2D eigenvalue weighted by Gasteiger charge is 2.24. The predicted molar refractivity (Wildman–Crippen MR) is 217 cm³/mol. The molecule has 1 atom stereocenters. The number of aryl methyl sites for hydroxylation is 1. The molecule has 4 aromatic carbocycles. The van der Waals surface area contributed by atoms with Crippen LogP contribution in [0.2, 0.25) is 0 Å². The molecule has 0 aliphatic rings. The fourth-order valence-electron chi connectivity index (χ4n) is 5.94. The van der Waals surface area contributed by atoms with Gasteiger partial charge in [-0.05, 0) is 89.4 Å². The third-order valence-electron chi connectivity index (χ3n) is 8.77. The third kappa shape index (κ3) is 10.9. The zero-order valence-corrected chi connectivity index (χ0v) is 32.7. The molecule has 5 rings (SSSR count). The van der Waals surface area contributed by atoms with Crippen molar-refractivity contribution in [3.05, 3.63) is 116 Å². The van der Waals surface area contributed by atoms with E-state index in [0.717, 1.165) is 22.5 Å².